The number of H-pyrrole nitrogens is 1. The van der Waals surface area contributed by atoms with Crippen LogP contribution in [-0.2, 0) is 20.1 Å². The Balaban J connectivity index is 1.34. The molecule has 6 nitrogen and oxygen atoms in total. The molecule has 1 aliphatic heterocycles. The summed E-state index contributed by atoms with van der Waals surface area (Å²) in [4.78, 5) is 2.22. The molecule has 0 unspecified atom stereocenters. The maximum absolute atomic E-state index is 13.9. The number of hydrogen-bond acceptors (Lipinski definition) is 4. The number of rotatable bonds is 6. The number of benzene rings is 1. The van der Waals surface area contributed by atoms with E-state index >= 15 is 0 Å². The first-order valence-electron chi connectivity index (χ1n) is 8.67. The van der Waals surface area contributed by atoms with Crippen LogP contribution in [0, 0.1) is 0 Å². The average molecular weight is 342 g/mol. The van der Waals surface area contributed by atoms with Crippen molar-refractivity contribution < 1.29 is 4.39 Å². The van der Waals surface area contributed by atoms with E-state index in [0.29, 0.717) is 13.0 Å². The lowest BCUT2D eigenvalue weighted by atomic mass is 10.1. The van der Waals surface area contributed by atoms with Crippen molar-refractivity contribution in [2.75, 3.05) is 13.1 Å². The number of alkyl halides is 1. The molecule has 132 valence electrons. The highest BCUT2D eigenvalue weighted by atomic mass is 19.1. The van der Waals surface area contributed by atoms with Crippen molar-refractivity contribution in [2.24, 2.45) is 7.05 Å². The van der Waals surface area contributed by atoms with E-state index in [4.69, 9.17) is 0 Å². The van der Waals surface area contributed by atoms with Crippen LogP contribution in [0.3, 0.4) is 0 Å². The van der Waals surface area contributed by atoms with Gasteiger partial charge in [-0.3, -0.25) is 14.7 Å². The summed E-state index contributed by atoms with van der Waals surface area (Å²) in [5.74, 6) is 0. The van der Waals surface area contributed by atoms with Crippen LogP contribution in [0.15, 0.2) is 36.7 Å². The molecule has 3 aromatic rings. The molecular formula is C18H23FN6. The number of nitrogens with one attached hydrogen (secondary N) is 2. The van der Waals surface area contributed by atoms with Crippen molar-refractivity contribution in [3.8, 4) is 0 Å². The molecule has 0 aliphatic carbocycles. The molecule has 0 radical (unpaired) electrons. The van der Waals surface area contributed by atoms with Crippen molar-refractivity contribution >= 4 is 10.9 Å². The lowest BCUT2D eigenvalue weighted by Crippen LogP contribution is -2.37. The lowest BCUT2D eigenvalue weighted by Gasteiger charge is -2.24. The summed E-state index contributed by atoms with van der Waals surface area (Å²) >= 11 is 0. The van der Waals surface area contributed by atoms with Gasteiger partial charge in [-0.15, -0.1) is 0 Å². The SMILES string of the molecule is Cn1nccc1CN1C[C@@H](F)C[C@H]1CNCc1ccc2cn[nH]c2c1. The normalized spacial score (nSPS) is 21.4. The molecule has 0 spiro atoms. The third-order valence-electron chi connectivity index (χ3n) is 4.98. The van der Waals surface area contributed by atoms with Gasteiger partial charge in [-0.1, -0.05) is 12.1 Å². The number of fused-ring (bicyclic) bond motifs is 1. The van der Waals surface area contributed by atoms with Gasteiger partial charge >= 0.3 is 0 Å². The van der Waals surface area contributed by atoms with Gasteiger partial charge in [0.1, 0.15) is 6.17 Å². The fourth-order valence-corrected chi connectivity index (χ4v) is 3.57. The Bertz CT molecular complexity index is 841. The summed E-state index contributed by atoms with van der Waals surface area (Å²) in [5.41, 5.74) is 3.36. The first-order valence-corrected chi connectivity index (χ1v) is 8.67. The summed E-state index contributed by atoms with van der Waals surface area (Å²) in [6.07, 6.45) is 3.45. The summed E-state index contributed by atoms with van der Waals surface area (Å²) in [6.45, 7) is 2.78. The van der Waals surface area contributed by atoms with Crippen molar-refractivity contribution in [1.82, 2.24) is 30.2 Å². The quantitative estimate of drug-likeness (QED) is 0.719. The maximum Gasteiger partial charge on any atom is 0.114 e. The van der Waals surface area contributed by atoms with Crippen LogP contribution < -0.4 is 5.32 Å². The van der Waals surface area contributed by atoms with Gasteiger partial charge in [0.25, 0.3) is 0 Å². The first kappa shape index (κ1) is 16.2. The molecule has 4 rings (SSSR count). The van der Waals surface area contributed by atoms with Crippen LogP contribution in [0.2, 0.25) is 0 Å². The number of aryl methyl sites for hydroxylation is 1. The Kier molecular flexibility index (Phi) is 4.50. The number of aromatic amines is 1. The zero-order valence-electron chi connectivity index (χ0n) is 14.3. The van der Waals surface area contributed by atoms with Crippen molar-refractivity contribution in [2.45, 2.75) is 31.7 Å². The minimum atomic E-state index is -0.749. The van der Waals surface area contributed by atoms with E-state index in [1.54, 1.807) is 6.20 Å². The largest absolute Gasteiger partial charge is 0.311 e. The molecule has 0 bridgehead atoms. The summed E-state index contributed by atoms with van der Waals surface area (Å²) < 4.78 is 15.8. The third-order valence-corrected chi connectivity index (χ3v) is 4.98. The minimum absolute atomic E-state index is 0.209. The van der Waals surface area contributed by atoms with Crippen LogP contribution in [-0.4, -0.2) is 50.2 Å². The van der Waals surface area contributed by atoms with Crippen molar-refractivity contribution in [1.29, 1.82) is 0 Å². The van der Waals surface area contributed by atoms with E-state index in [1.807, 2.05) is 24.0 Å². The molecule has 25 heavy (non-hydrogen) atoms. The molecule has 3 heterocycles. The van der Waals surface area contributed by atoms with E-state index in [0.717, 1.165) is 36.2 Å². The highest BCUT2D eigenvalue weighted by molar-refractivity contribution is 5.78. The molecule has 1 aromatic carbocycles. The molecule has 1 fully saturated rings. The highest BCUT2D eigenvalue weighted by Gasteiger charge is 2.32. The fraction of sp³-hybridized carbons (Fsp3) is 0.444. The summed E-state index contributed by atoms with van der Waals surface area (Å²) in [6, 6.07) is 8.48. The molecule has 2 aromatic heterocycles. The smallest absolute Gasteiger partial charge is 0.114 e. The van der Waals surface area contributed by atoms with E-state index in [2.05, 4.69) is 43.7 Å². The second-order valence-electron chi connectivity index (χ2n) is 6.78. The molecule has 7 heteroatoms. The van der Waals surface area contributed by atoms with Crippen LogP contribution >= 0.6 is 0 Å². The zero-order valence-corrected chi connectivity index (χ0v) is 14.3. The number of likely N-dealkylation sites (tertiary alicyclic amines) is 1. The summed E-state index contributed by atoms with van der Waals surface area (Å²) in [7, 11) is 1.93. The zero-order chi connectivity index (χ0) is 17.2. The Hall–Kier alpha value is -2.25. The maximum atomic E-state index is 13.9. The molecule has 2 atom stereocenters. The van der Waals surface area contributed by atoms with Gasteiger partial charge in [0.05, 0.1) is 17.4 Å². The highest BCUT2D eigenvalue weighted by Crippen LogP contribution is 2.22. The van der Waals surface area contributed by atoms with Crippen molar-refractivity contribution in [3.05, 3.63) is 47.9 Å². The van der Waals surface area contributed by atoms with Crippen LogP contribution in [0.5, 0.6) is 0 Å². The Morgan fingerprint density at radius 1 is 1.36 bits per heavy atom. The van der Waals surface area contributed by atoms with Gasteiger partial charge in [0, 0.05) is 50.9 Å². The van der Waals surface area contributed by atoms with Gasteiger partial charge in [0.15, 0.2) is 0 Å². The molecule has 1 saturated heterocycles. The lowest BCUT2D eigenvalue weighted by molar-refractivity contribution is 0.224. The number of nitrogens with zero attached hydrogens (tertiary/aromatic N) is 4. The van der Waals surface area contributed by atoms with E-state index in [1.165, 1.54) is 5.56 Å². The van der Waals surface area contributed by atoms with E-state index in [-0.39, 0.29) is 6.04 Å². The number of aromatic nitrogens is 4. The van der Waals surface area contributed by atoms with E-state index in [9.17, 15) is 4.39 Å². The van der Waals surface area contributed by atoms with Gasteiger partial charge in [-0.2, -0.15) is 10.2 Å². The van der Waals surface area contributed by atoms with Crippen LogP contribution in [0.4, 0.5) is 4.39 Å². The number of halogens is 1. The minimum Gasteiger partial charge on any atom is -0.311 e. The van der Waals surface area contributed by atoms with Gasteiger partial charge in [0.2, 0.25) is 0 Å². The monoisotopic (exact) mass is 342 g/mol. The van der Waals surface area contributed by atoms with Crippen molar-refractivity contribution in [3.63, 3.8) is 0 Å². The molecular weight excluding hydrogens is 319 g/mol. The van der Waals surface area contributed by atoms with E-state index < -0.39 is 6.17 Å². The van der Waals surface area contributed by atoms with Gasteiger partial charge in [-0.25, -0.2) is 4.39 Å². The molecule has 2 N–H and O–H groups in total. The second-order valence-corrected chi connectivity index (χ2v) is 6.78. The van der Waals surface area contributed by atoms with Crippen LogP contribution in [0.25, 0.3) is 10.9 Å². The number of hydrogen-bond donors (Lipinski definition) is 2. The summed E-state index contributed by atoms with van der Waals surface area (Å²) in [5, 5.41) is 15.8. The third kappa shape index (κ3) is 3.57. The van der Waals surface area contributed by atoms with Gasteiger partial charge < -0.3 is 5.32 Å². The fourth-order valence-electron chi connectivity index (χ4n) is 3.57. The topological polar surface area (TPSA) is 61.8 Å². The second kappa shape index (κ2) is 6.93. The molecule has 0 saturated carbocycles. The first-order chi connectivity index (χ1) is 12.2. The van der Waals surface area contributed by atoms with Gasteiger partial charge in [-0.05, 0) is 24.1 Å². The standard InChI is InChI=1S/C18H23FN6/c1-24-16(4-5-22-24)12-25-11-15(19)7-17(25)10-20-8-13-2-3-14-9-21-23-18(14)6-13/h2-6,9,15,17,20H,7-8,10-12H2,1H3,(H,21,23)/t15-,17-/m0/s1. The Labute approximate surface area is 146 Å². The Morgan fingerprint density at radius 2 is 2.28 bits per heavy atom. The predicted octanol–water partition coefficient (Wildman–Crippen LogP) is 2.00. The molecule has 1 aliphatic rings. The van der Waals surface area contributed by atoms with Crippen LogP contribution in [0.1, 0.15) is 17.7 Å². The Morgan fingerprint density at radius 3 is 3.12 bits per heavy atom. The molecule has 0 amide bonds. The predicted molar refractivity (Wildman–Crippen MR) is 94.7 cm³/mol. The average Bonchev–Trinajstić information content (AvgIpc) is 3.29.